The number of amides is 2. The minimum Gasteiger partial charge on any atom is -0.469 e. The first-order valence-electron chi connectivity index (χ1n) is 12.8. The van der Waals surface area contributed by atoms with E-state index < -0.39 is 18.1 Å². The van der Waals surface area contributed by atoms with Gasteiger partial charge in [-0.15, -0.1) is 0 Å². The number of carbonyl (C=O) groups excluding carboxylic acids is 3. The maximum absolute atomic E-state index is 13.3. The van der Waals surface area contributed by atoms with E-state index in [9.17, 15) is 19.5 Å². The van der Waals surface area contributed by atoms with Gasteiger partial charge in [0.25, 0.3) is 5.91 Å². The molecule has 1 aliphatic heterocycles. The number of aliphatic hydroxyl groups excluding tert-OH is 1. The van der Waals surface area contributed by atoms with Gasteiger partial charge in [-0.1, -0.05) is 30.2 Å². The molecule has 4 atom stereocenters. The molecule has 38 heavy (non-hydrogen) atoms. The number of fused-ring (bicyclic) bond motifs is 1. The Morgan fingerprint density at radius 3 is 2.47 bits per heavy atom. The Morgan fingerprint density at radius 2 is 1.79 bits per heavy atom. The molecule has 1 aliphatic carbocycles. The summed E-state index contributed by atoms with van der Waals surface area (Å²) in [7, 11) is 2.74. The van der Waals surface area contributed by atoms with E-state index in [1.165, 1.54) is 14.2 Å². The van der Waals surface area contributed by atoms with Crippen molar-refractivity contribution < 1.29 is 29.0 Å². The van der Waals surface area contributed by atoms with Crippen molar-refractivity contribution in [3.8, 4) is 0 Å². The van der Waals surface area contributed by atoms with E-state index in [0.29, 0.717) is 46.9 Å². The van der Waals surface area contributed by atoms with Crippen LogP contribution in [0.25, 0.3) is 0 Å². The zero-order valence-electron chi connectivity index (χ0n) is 21.8. The quantitative estimate of drug-likeness (QED) is 0.436. The third kappa shape index (κ3) is 5.89. The van der Waals surface area contributed by atoms with E-state index in [1.54, 1.807) is 29.2 Å². The fourth-order valence-corrected chi connectivity index (χ4v) is 5.51. The van der Waals surface area contributed by atoms with Crippen LogP contribution in [0.3, 0.4) is 0 Å². The standard InChI is InChI=1S/C28H34ClN3O6/c1-16-7-12-21-23(32(16)28(36)38-3)14-13-22(30-20-6-4-5-18(15-20)27(35)37-2)24(21)31-26(34)25(33)17-8-10-19(29)11-9-17/h8-11,13-14,16,18,20,25,30,33H,4-7,12,15H2,1-3H3,(H,31,34)/t16?,18-,20-,25?/m1/s1. The summed E-state index contributed by atoms with van der Waals surface area (Å²) in [6.07, 6.45) is 2.49. The molecule has 1 fully saturated rings. The third-order valence-electron chi connectivity index (χ3n) is 7.42. The van der Waals surface area contributed by atoms with Gasteiger partial charge in [-0.25, -0.2) is 4.79 Å². The number of nitrogens with one attached hydrogen (secondary N) is 2. The van der Waals surface area contributed by atoms with E-state index in [2.05, 4.69) is 10.6 Å². The highest BCUT2D eigenvalue weighted by Crippen LogP contribution is 2.41. The van der Waals surface area contributed by atoms with Gasteiger partial charge in [0.2, 0.25) is 0 Å². The Bertz CT molecular complexity index is 1190. The van der Waals surface area contributed by atoms with Gasteiger partial charge in [-0.3, -0.25) is 14.5 Å². The van der Waals surface area contributed by atoms with Gasteiger partial charge in [0.05, 0.1) is 37.2 Å². The number of hydrogen-bond acceptors (Lipinski definition) is 7. The van der Waals surface area contributed by atoms with Crippen LogP contribution in [-0.4, -0.2) is 49.4 Å². The second-order valence-corrected chi connectivity index (χ2v) is 10.3. The summed E-state index contributed by atoms with van der Waals surface area (Å²) >= 11 is 5.96. The summed E-state index contributed by atoms with van der Waals surface area (Å²) in [6.45, 7) is 1.95. The van der Waals surface area contributed by atoms with Crippen molar-refractivity contribution >= 4 is 46.6 Å². The first kappa shape index (κ1) is 27.7. The number of esters is 1. The number of carbonyl (C=O) groups is 3. The van der Waals surface area contributed by atoms with Gasteiger partial charge in [0.1, 0.15) is 0 Å². The number of nitrogens with zero attached hydrogens (tertiary/aromatic N) is 1. The molecule has 10 heteroatoms. The predicted molar refractivity (Wildman–Crippen MR) is 146 cm³/mol. The molecule has 0 aromatic heterocycles. The van der Waals surface area contributed by atoms with Crippen LogP contribution in [0.1, 0.15) is 56.3 Å². The molecule has 0 saturated heterocycles. The number of aliphatic hydroxyl groups is 1. The summed E-state index contributed by atoms with van der Waals surface area (Å²) < 4.78 is 9.99. The number of anilines is 3. The highest BCUT2D eigenvalue weighted by atomic mass is 35.5. The highest BCUT2D eigenvalue weighted by Gasteiger charge is 2.34. The van der Waals surface area contributed by atoms with Crippen molar-refractivity contribution in [3.05, 3.63) is 52.5 Å². The highest BCUT2D eigenvalue weighted by molar-refractivity contribution is 6.30. The number of methoxy groups -OCH3 is 2. The normalized spacial score (nSPS) is 21.6. The summed E-state index contributed by atoms with van der Waals surface area (Å²) in [5, 5.41) is 17.7. The van der Waals surface area contributed by atoms with Crippen molar-refractivity contribution in [1.29, 1.82) is 0 Å². The molecule has 0 bridgehead atoms. The van der Waals surface area contributed by atoms with E-state index in [-0.39, 0.29) is 24.0 Å². The van der Waals surface area contributed by atoms with Crippen LogP contribution < -0.4 is 15.5 Å². The fourth-order valence-electron chi connectivity index (χ4n) is 5.38. The lowest BCUT2D eigenvalue weighted by molar-refractivity contribution is -0.146. The van der Waals surface area contributed by atoms with E-state index in [4.69, 9.17) is 21.1 Å². The third-order valence-corrected chi connectivity index (χ3v) is 7.67. The van der Waals surface area contributed by atoms with Crippen molar-refractivity contribution in [3.63, 3.8) is 0 Å². The lowest BCUT2D eigenvalue weighted by Crippen LogP contribution is -2.42. The second-order valence-electron chi connectivity index (χ2n) is 9.88. The number of rotatable bonds is 6. The summed E-state index contributed by atoms with van der Waals surface area (Å²) in [4.78, 5) is 39.6. The molecule has 1 saturated carbocycles. The molecule has 0 spiro atoms. The van der Waals surface area contributed by atoms with Crippen LogP contribution >= 0.6 is 11.6 Å². The van der Waals surface area contributed by atoms with Crippen molar-refractivity contribution in [2.24, 2.45) is 5.92 Å². The lowest BCUT2D eigenvalue weighted by atomic mass is 9.85. The molecule has 2 amide bonds. The van der Waals surface area contributed by atoms with Gasteiger partial charge in [0, 0.05) is 22.7 Å². The minimum absolute atomic E-state index is 0.0121. The summed E-state index contributed by atoms with van der Waals surface area (Å²) in [5.74, 6) is -1.02. The Hall–Kier alpha value is -3.30. The van der Waals surface area contributed by atoms with Crippen molar-refractivity contribution in [1.82, 2.24) is 0 Å². The van der Waals surface area contributed by atoms with Crippen LogP contribution in [0.5, 0.6) is 0 Å². The van der Waals surface area contributed by atoms with Gasteiger partial charge in [-0.2, -0.15) is 0 Å². The van der Waals surface area contributed by atoms with Crippen LogP contribution in [-0.2, 0) is 25.5 Å². The lowest BCUT2D eigenvalue weighted by Gasteiger charge is -2.36. The second kappa shape index (κ2) is 12.0. The average molecular weight is 544 g/mol. The Morgan fingerprint density at radius 1 is 1.05 bits per heavy atom. The smallest absolute Gasteiger partial charge is 0.414 e. The Balaban J connectivity index is 1.68. The molecule has 2 unspecified atom stereocenters. The predicted octanol–water partition coefficient (Wildman–Crippen LogP) is 5.06. The zero-order valence-corrected chi connectivity index (χ0v) is 22.6. The largest absolute Gasteiger partial charge is 0.469 e. The van der Waals surface area contributed by atoms with Gasteiger partial charge < -0.3 is 25.2 Å². The van der Waals surface area contributed by atoms with E-state index in [0.717, 1.165) is 24.8 Å². The summed E-state index contributed by atoms with van der Waals surface area (Å²) in [6, 6.07) is 9.99. The van der Waals surface area contributed by atoms with Crippen molar-refractivity contribution in [2.45, 2.75) is 63.6 Å². The SMILES string of the molecule is COC(=O)[C@@H]1CCC[C@@H](Nc2ccc3c(c2NC(=O)C(O)c2ccc(Cl)cc2)CCC(C)N3C(=O)OC)C1. The van der Waals surface area contributed by atoms with E-state index >= 15 is 0 Å². The Labute approximate surface area is 227 Å². The fraction of sp³-hybridized carbons (Fsp3) is 0.464. The van der Waals surface area contributed by atoms with Gasteiger partial charge in [-0.05, 0) is 68.9 Å². The minimum atomic E-state index is -1.42. The van der Waals surface area contributed by atoms with Crippen LogP contribution in [0.2, 0.25) is 5.02 Å². The van der Waals surface area contributed by atoms with Gasteiger partial charge >= 0.3 is 12.1 Å². The number of halogens is 1. The molecule has 2 aliphatic rings. The maximum Gasteiger partial charge on any atom is 0.414 e. The molecule has 204 valence electrons. The van der Waals surface area contributed by atoms with E-state index in [1.807, 2.05) is 19.1 Å². The molecular formula is C28H34ClN3O6. The number of ether oxygens (including phenoxy) is 2. The van der Waals surface area contributed by atoms with Crippen LogP contribution in [0.15, 0.2) is 36.4 Å². The first-order valence-corrected chi connectivity index (χ1v) is 13.2. The molecule has 1 heterocycles. The zero-order chi connectivity index (χ0) is 27.4. The molecule has 9 nitrogen and oxygen atoms in total. The van der Waals surface area contributed by atoms with Gasteiger partial charge in [0.15, 0.2) is 6.10 Å². The molecule has 3 N–H and O–H groups in total. The summed E-state index contributed by atoms with van der Waals surface area (Å²) in [5.41, 5.74) is 2.99. The Kier molecular flexibility index (Phi) is 8.79. The first-order chi connectivity index (χ1) is 18.2. The number of hydrogen-bond donors (Lipinski definition) is 3. The molecule has 2 aromatic carbocycles. The van der Waals surface area contributed by atoms with Crippen LogP contribution in [0.4, 0.5) is 21.9 Å². The maximum atomic E-state index is 13.3. The molecular weight excluding hydrogens is 510 g/mol. The van der Waals surface area contributed by atoms with Crippen molar-refractivity contribution in [2.75, 3.05) is 29.8 Å². The molecule has 4 rings (SSSR count). The number of benzene rings is 2. The monoisotopic (exact) mass is 543 g/mol. The van der Waals surface area contributed by atoms with Crippen LogP contribution in [0, 0.1) is 5.92 Å². The molecule has 0 radical (unpaired) electrons. The topological polar surface area (TPSA) is 117 Å². The molecule has 2 aromatic rings. The average Bonchev–Trinajstić information content (AvgIpc) is 2.93.